The zero-order valence-corrected chi connectivity index (χ0v) is 20.1. The maximum absolute atomic E-state index is 13.1. The minimum absolute atomic E-state index is 0.0237. The van der Waals surface area contributed by atoms with Crippen LogP contribution < -0.4 is 10.9 Å². The van der Waals surface area contributed by atoms with Crippen LogP contribution in [0.15, 0.2) is 28.2 Å². The smallest absolute Gasteiger partial charge is 0.263 e. The van der Waals surface area contributed by atoms with Crippen LogP contribution in [0.2, 0.25) is 0 Å². The lowest BCUT2D eigenvalue weighted by Crippen LogP contribution is -2.25. The van der Waals surface area contributed by atoms with Crippen LogP contribution in [0.3, 0.4) is 0 Å². The highest BCUT2D eigenvalue weighted by atomic mass is 32.2. The maximum Gasteiger partial charge on any atom is 0.263 e. The number of nitrogens with one attached hydrogen (secondary N) is 1. The summed E-state index contributed by atoms with van der Waals surface area (Å²) < 4.78 is 1.71. The van der Waals surface area contributed by atoms with E-state index in [4.69, 9.17) is 4.98 Å². The summed E-state index contributed by atoms with van der Waals surface area (Å²) in [7, 11) is 0. The van der Waals surface area contributed by atoms with Gasteiger partial charge in [0.2, 0.25) is 5.91 Å². The lowest BCUT2D eigenvalue weighted by molar-refractivity contribution is -0.113. The van der Waals surface area contributed by atoms with Crippen molar-refractivity contribution in [1.82, 2.24) is 9.55 Å². The Morgan fingerprint density at radius 3 is 2.40 bits per heavy atom. The molecule has 0 fully saturated rings. The highest BCUT2D eigenvalue weighted by Crippen LogP contribution is 2.30. The Labute approximate surface area is 185 Å². The largest absolute Gasteiger partial charge is 0.325 e. The summed E-state index contributed by atoms with van der Waals surface area (Å²) in [5.74, 6) is 0.119. The van der Waals surface area contributed by atoms with Gasteiger partial charge in [0.15, 0.2) is 5.16 Å². The molecule has 1 N–H and O–H groups in total. The number of nitrogens with zero attached hydrogens (tertiary/aromatic N) is 2. The molecule has 0 saturated carbocycles. The number of anilines is 1. The number of rotatable bonds is 7. The SMILES string of the molecule is CCc1cccc(CC)c1NC(=O)CSc1nc2sc(C)c(C)c2c(=O)n1C(C)C. The number of carbonyl (C=O) groups is 1. The van der Waals surface area contributed by atoms with Crippen LogP contribution in [-0.4, -0.2) is 21.2 Å². The first-order valence-electron chi connectivity index (χ1n) is 10.3. The molecular formula is C23H29N3O2S2. The molecule has 0 unspecified atom stereocenters. The van der Waals surface area contributed by atoms with Gasteiger partial charge in [-0.15, -0.1) is 11.3 Å². The second-order valence-electron chi connectivity index (χ2n) is 7.62. The summed E-state index contributed by atoms with van der Waals surface area (Å²) in [5.41, 5.74) is 4.16. The van der Waals surface area contributed by atoms with Gasteiger partial charge < -0.3 is 5.32 Å². The molecule has 5 nitrogen and oxygen atoms in total. The third-order valence-corrected chi connectivity index (χ3v) is 7.37. The van der Waals surface area contributed by atoms with Gasteiger partial charge in [0.05, 0.1) is 11.1 Å². The van der Waals surface area contributed by atoms with Gasteiger partial charge in [0.25, 0.3) is 5.56 Å². The Kier molecular flexibility index (Phi) is 7.03. The summed E-state index contributed by atoms with van der Waals surface area (Å²) in [5, 5.41) is 4.39. The normalized spacial score (nSPS) is 11.4. The predicted molar refractivity (Wildman–Crippen MR) is 128 cm³/mol. The molecule has 0 saturated heterocycles. The number of amides is 1. The van der Waals surface area contributed by atoms with E-state index < -0.39 is 0 Å². The zero-order valence-electron chi connectivity index (χ0n) is 18.5. The molecule has 2 aromatic heterocycles. The molecule has 3 rings (SSSR count). The van der Waals surface area contributed by atoms with Crippen LogP contribution in [-0.2, 0) is 17.6 Å². The van der Waals surface area contributed by atoms with Gasteiger partial charge >= 0.3 is 0 Å². The molecule has 160 valence electrons. The first-order valence-corrected chi connectivity index (χ1v) is 12.1. The lowest BCUT2D eigenvalue weighted by atomic mass is 10.0. The van der Waals surface area contributed by atoms with E-state index in [9.17, 15) is 9.59 Å². The van der Waals surface area contributed by atoms with Crippen molar-refractivity contribution in [2.75, 3.05) is 11.1 Å². The first kappa shape index (κ1) is 22.6. The highest BCUT2D eigenvalue weighted by molar-refractivity contribution is 7.99. The molecule has 0 aliphatic heterocycles. The van der Waals surface area contributed by atoms with E-state index in [-0.39, 0.29) is 23.3 Å². The number of aromatic nitrogens is 2. The molecular weight excluding hydrogens is 414 g/mol. The van der Waals surface area contributed by atoms with Gasteiger partial charge in [0.1, 0.15) is 4.83 Å². The van der Waals surface area contributed by atoms with Crippen LogP contribution >= 0.6 is 23.1 Å². The van der Waals surface area contributed by atoms with Crippen molar-refractivity contribution in [3.05, 3.63) is 50.1 Å². The van der Waals surface area contributed by atoms with Gasteiger partial charge in [-0.1, -0.05) is 43.8 Å². The van der Waals surface area contributed by atoms with E-state index in [0.717, 1.165) is 44.9 Å². The van der Waals surface area contributed by atoms with Crippen LogP contribution in [0, 0.1) is 13.8 Å². The number of benzene rings is 1. The van der Waals surface area contributed by atoms with Crippen molar-refractivity contribution < 1.29 is 4.79 Å². The fraction of sp³-hybridized carbons (Fsp3) is 0.435. The molecule has 1 aromatic carbocycles. The Balaban J connectivity index is 1.88. The molecule has 0 atom stereocenters. The number of para-hydroxylation sites is 1. The van der Waals surface area contributed by atoms with Crippen molar-refractivity contribution in [1.29, 1.82) is 0 Å². The van der Waals surface area contributed by atoms with Gasteiger partial charge in [-0.25, -0.2) is 4.98 Å². The Morgan fingerprint density at radius 2 is 1.83 bits per heavy atom. The van der Waals surface area contributed by atoms with Crippen LogP contribution in [0.1, 0.15) is 55.3 Å². The van der Waals surface area contributed by atoms with Crippen LogP contribution in [0.25, 0.3) is 10.2 Å². The van der Waals surface area contributed by atoms with Crippen molar-refractivity contribution in [2.45, 2.75) is 65.6 Å². The van der Waals surface area contributed by atoms with Crippen molar-refractivity contribution in [3.63, 3.8) is 0 Å². The molecule has 30 heavy (non-hydrogen) atoms. The highest BCUT2D eigenvalue weighted by Gasteiger charge is 2.19. The van der Waals surface area contributed by atoms with Crippen molar-refractivity contribution in [2.24, 2.45) is 0 Å². The Bertz CT molecular complexity index is 1120. The summed E-state index contributed by atoms with van der Waals surface area (Å²) in [6.45, 7) is 12.1. The summed E-state index contributed by atoms with van der Waals surface area (Å²) in [6, 6.07) is 6.10. The molecule has 0 bridgehead atoms. The van der Waals surface area contributed by atoms with Crippen LogP contribution in [0.5, 0.6) is 0 Å². The average Bonchev–Trinajstić information content (AvgIpc) is 3.00. The molecule has 3 aromatic rings. The second kappa shape index (κ2) is 9.35. The second-order valence-corrected chi connectivity index (χ2v) is 9.77. The number of hydrogen-bond acceptors (Lipinski definition) is 5. The van der Waals surface area contributed by atoms with Gasteiger partial charge in [-0.3, -0.25) is 14.2 Å². The molecule has 0 spiro atoms. The van der Waals surface area contributed by atoms with E-state index >= 15 is 0 Å². The van der Waals surface area contributed by atoms with E-state index in [0.29, 0.717) is 10.5 Å². The number of fused-ring (bicyclic) bond motifs is 1. The fourth-order valence-corrected chi connectivity index (χ4v) is 5.55. The van der Waals surface area contributed by atoms with Gasteiger partial charge in [0, 0.05) is 16.6 Å². The standard InChI is InChI=1S/C23H29N3O2S2/c1-7-16-10-9-11-17(8-2)20(16)24-18(27)12-29-23-25-21-19(14(5)15(6)30-21)22(28)26(23)13(3)4/h9-11,13H,7-8,12H2,1-6H3,(H,24,27). The predicted octanol–water partition coefficient (Wildman–Crippen LogP) is 5.51. The molecule has 0 radical (unpaired) electrons. The number of thiophene rings is 1. The van der Waals surface area contributed by atoms with Crippen molar-refractivity contribution in [3.8, 4) is 0 Å². The van der Waals surface area contributed by atoms with Gasteiger partial charge in [-0.2, -0.15) is 0 Å². The number of hydrogen-bond donors (Lipinski definition) is 1. The molecule has 0 aliphatic carbocycles. The van der Waals surface area contributed by atoms with Crippen molar-refractivity contribution >= 4 is 44.9 Å². The lowest BCUT2D eigenvalue weighted by Gasteiger charge is -2.16. The quantitative estimate of drug-likeness (QED) is 0.386. The third-order valence-electron chi connectivity index (χ3n) is 5.31. The summed E-state index contributed by atoms with van der Waals surface area (Å²) >= 11 is 2.86. The zero-order chi connectivity index (χ0) is 22.0. The average molecular weight is 444 g/mol. The number of carbonyl (C=O) groups excluding carboxylic acids is 1. The Hall–Kier alpha value is -2.12. The topological polar surface area (TPSA) is 64.0 Å². The molecule has 0 aliphatic rings. The summed E-state index contributed by atoms with van der Waals surface area (Å²) in [4.78, 5) is 32.5. The summed E-state index contributed by atoms with van der Waals surface area (Å²) in [6.07, 6.45) is 1.72. The first-order chi connectivity index (χ1) is 14.3. The van der Waals surface area contributed by atoms with Gasteiger partial charge in [-0.05, 0) is 57.2 Å². The van der Waals surface area contributed by atoms with E-state index in [1.807, 2.05) is 33.8 Å². The van der Waals surface area contributed by atoms with E-state index in [1.165, 1.54) is 23.1 Å². The molecule has 1 amide bonds. The third kappa shape index (κ3) is 4.32. The molecule has 7 heteroatoms. The monoisotopic (exact) mass is 443 g/mol. The van der Waals surface area contributed by atoms with Crippen LogP contribution in [0.4, 0.5) is 5.69 Å². The number of aryl methyl sites for hydroxylation is 4. The van der Waals surface area contributed by atoms with E-state index in [1.54, 1.807) is 4.57 Å². The minimum atomic E-state index is -0.0845. The molecule has 2 heterocycles. The Morgan fingerprint density at radius 1 is 1.20 bits per heavy atom. The number of thioether (sulfide) groups is 1. The fourth-order valence-electron chi connectivity index (χ4n) is 3.55. The van der Waals surface area contributed by atoms with E-state index in [2.05, 4.69) is 31.3 Å². The minimum Gasteiger partial charge on any atom is -0.325 e. The maximum atomic E-state index is 13.1.